The summed E-state index contributed by atoms with van der Waals surface area (Å²) >= 11 is 0. The van der Waals surface area contributed by atoms with Gasteiger partial charge in [-0.05, 0) is 28.0 Å². The van der Waals surface area contributed by atoms with E-state index >= 15 is 0 Å². The van der Waals surface area contributed by atoms with E-state index in [9.17, 15) is 4.79 Å². The lowest BCUT2D eigenvalue weighted by molar-refractivity contribution is 0.252. The van der Waals surface area contributed by atoms with Crippen LogP contribution in [0.4, 0.5) is 10.5 Å². The fourth-order valence-corrected chi connectivity index (χ4v) is 2.81. The molecule has 0 unspecified atom stereocenters. The molecule has 0 atom stereocenters. The molecule has 0 saturated heterocycles. The molecule has 0 heterocycles. The van der Waals surface area contributed by atoms with E-state index < -0.39 is 0 Å². The minimum atomic E-state index is -0.198. The maximum Gasteiger partial charge on any atom is 0.319 e. The number of carbonyl (C=O) groups excluding carboxylic acids is 1. The molecule has 3 aromatic rings. The average Bonchev–Trinajstić information content (AvgIpc) is 2.60. The van der Waals surface area contributed by atoms with Crippen molar-refractivity contribution in [1.29, 1.82) is 0 Å². The molecular weight excluding hydrogens is 308 g/mol. The Morgan fingerprint density at radius 1 is 0.880 bits per heavy atom. The van der Waals surface area contributed by atoms with Gasteiger partial charge in [0, 0.05) is 11.9 Å². The summed E-state index contributed by atoms with van der Waals surface area (Å²) in [5.41, 5.74) is 3.33. The Morgan fingerprint density at radius 2 is 1.56 bits per heavy atom. The zero-order chi connectivity index (χ0) is 17.9. The Hall–Kier alpha value is -2.81. The van der Waals surface area contributed by atoms with Crippen molar-refractivity contribution in [2.24, 2.45) is 0 Å². The maximum atomic E-state index is 12.2. The van der Waals surface area contributed by atoms with Crippen LogP contribution < -0.4 is 10.6 Å². The van der Waals surface area contributed by atoms with E-state index in [4.69, 9.17) is 0 Å². The summed E-state index contributed by atoms with van der Waals surface area (Å²) in [4.78, 5) is 12.2. The molecule has 128 valence electrons. The molecule has 0 aliphatic carbocycles. The van der Waals surface area contributed by atoms with E-state index in [2.05, 4.69) is 55.7 Å². The van der Waals surface area contributed by atoms with Crippen LogP contribution in [0.25, 0.3) is 10.8 Å². The summed E-state index contributed by atoms with van der Waals surface area (Å²) in [6, 6.07) is 22.1. The SMILES string of the molecule is CC(C)(C)c1ccc(CNC(=O)Nc2cccc3ccccc23)cc1. The normalized spacial score (nSPS) is 11.3. The van der Waals surface area contributed by atoms with E-state index in [0.717, 1.165) is 22.0 Å². The van der Waals surface area contributed by atoms with E-state index in [1.54, 1.807) is 0 Å². The molecule has 0 saturated carbocycles. The summed E-state index contributed by atoms with van der Waals surface area (Å²) in [6.45, 7) is 7.08. The van der Waals surface area contributed by atoms with Crippen LogP contribution in [0.2, 0.25) is 0 Å². The van der Waals surface area contributed by atoms with Gasteiger partial charge in [-0.25, -0.2) is 4.79 Å². The number of fused-ring (bicyclic) bond motifs is 1. The zero-order valence-electron chi connectivity index (χ0n) is 15.0. The van der Waals surface area contributed by atoms with Gasteiger partial charge >= 0.3 is 6.03 Å². The lowest BCUT2D eigenvalue weighted by atomic mass is 9.87. The smallest absolute Gasteiger partial charge is 0.319 e. The van der Waals surface area contributed by atoms with E-state index in [-0.39, 0.29) is 11.4 Å². The molecule has 3 heteroatoms. The number of urea groups is 1. The molecule has 3 rings (SSSR count). The predicted octanol–water partition coefficient (Wildman–Crippen LogP) is 5.46. The van der Waals surface area contributed by atoms with Crippen LogP contribution in [0.5, 0.6) is 0 Å². The highest BCUT2D eigenvalue weighted by atomic mass is 16.2. The maximum absolute atomic E-state index is 12.2. The Labute approximate surface area is 149 Å². The van der Waals surface area contributed by atoms with Crippen molar-refractivity contribution >= 4 is 22.5 Å². The molecule has 0 radical (unpaired) electrons. The number of amides is 2. The molecule has 2 amide bonds. The number of hydrogen-bond acceptors (Lipinski definition) is 1. The largest absolute Gasteiger partial charge is 0.334 e. The second kappa shape index (κ2) is 6.98. The number of carbonyl (C=O) groups is 1. The van der Waals surface area contributed by atoms with Crippen molar-refractivity contribution in [2.45, 2.75) is 32.7 Å². The number of nitrogens with one attached hydrogen (secondary N) is 2. The Morgan fingerprint density at radius 3 is 2.28 bits per heavy atom. The molecule has 0 aliphatic heterocycles. The molecule has 0 fully saturated rings. The molecule has 0 spiro atoms. The quantitative estimate of drug-likeness (QED) is 0.657. The van der Waals surface area contributed by atoms with Crippen LogP contribution in [-0.2, 0) is 12.0 Å². The number of benzene rings is 3. The fraction of sp³-hybridized carbons (Fsp3) is 0.227. The lowest BCUT2D eigenvalue weighted by Gasteiger charge is -2.19. The summed E-state index contributed by atoms with van der Waals surface area (Å²) < 4.78 is 0. The Kier molecular flexibility index (Phi) is 4.75. The van der Waals surface area contributed by atoms with E-state index in [1.165, 1.54) is 5.56 Å². The molecule has 3 aromatic carbocycles. The first-order chi connectivity index (χ1) is 11.9. The summed E-state index contributed by atoms with van der Waals surface area (Å²) in [5, 5.41) is 8.01. The third kappa shape index (κ3) is 4.18. The number of anilines is 1. The van der Waals surface area contributed by atoms with Gasteiger partial charge in [0.25, 0.3) is 0 Å². The van der Waals surface area contributed by atoms with Crippen molar-refractivity contribution in [1.82, 2.24) is 5.32 Å². The van der Waals surface area contributed by atoms with Gasteiger partial charge in [0.1, 0.15) is 0 Å². The highest BCUT2D eigenvalue weighted by Crippen LogP contribution is 2.23. The summed E-state index contributed by atoms with van der Waals surface area (Å²) in [5.74, 6) is 0. The van der Waals surface area contributed by atoms with Gasteiger partial charge in [-0.15, -0.1) is 0 Å². The van der Waals surface area contributed by atoms with Crippen molar-refractivity contribution in [3.63, 3.8) is 0 Å². The van der Waals surface area contributed by atoms with Crippen LogP contribution in [0.1, 0.15) is 31.9 Å². The molecule has 25 heavy (non-hydrogen) atoms. The molecular formula is C22H24N2O. The molecule has 0 aromatic heterocycles. The molecule has 2 N–H and O–H groups in total. The highest BCUT2D eigenvalue weighted by molar-refractivity contribution is 6.01. The first-order valence-electron chi connectivity index (χ1n) is 8.55. The summed E-state index contributed by atoms with van der Waals surface area (Å²) in [7, 11) is 0. The van der Waals surface area contributed by atoms with Gasteiger partial charge in [0.05, 0.1) is 5.69 Å². The third-order valence-electron chi connectivity index (χ3n) is 4.31. The van der Waals surface area contributed by atoms with Crippen molar-refractivity contribution in [2.75, 3.05) is 5.32 Å². The number of rotatable bonds is 3. The average molecular weight is 332 g/mol. The third-order valence-corrected chi connectivity index (χ3v) is 4.31. The highest BCUT2D eigenvalue weighted by Gasteiger charge is 2.13. The van der Waals surface area contributed by atoms with Gasteiger partial charge in [-0.3, -0.25) is 0 Å². The van der Waals surface area contributed by atoms with Gasteiger partial charge < -0.3 is 10.6 Å². The first kappa shape index (κ1) is 17.0. The summed E-state index contributed by atoms with van der Waals surface area (Å²) in [6.07, 6.45) is 0. The molecule has 0 bridgehead atoms. The van der Waals surface area contributed by atoms with Crippen LogP contribution in [0, 0.1) is 0 Å². The van der Waals surface area contributed by atoms with Crippen LogP contribution in [-0.4, -0.2) is 6.03 Å². The predicted molar refractivity (Wildman–Crippen MR) is 105 cm³/mol. The van der Waals surface area contributed by atoms with Crippen molar-refractivity contribution < 1.29 is 4.79 Å². The number of hydrogen-bond donors (Lipinski definition) is 2. The van der Waals surface area contributed by atoms with Crippen molar-refractivity contribution in [3.05, 3.63) is 77.9 Å². The monoisotopic (exact) mass is 332 g/mol. The topological polar surface area (TPSA) is 41.1 Å². The second-order valence-electron chi connectivity index (χ2n) is 7.28. The van der Waals surface area contributed by atoms with Gasteiger partial charge in [-0.2, -0.15) is 0 Å². The Balaban J connectivity index is 1.63. The Bertz CT molecular complexity index is 871. The van der Waals surface area contributed by atoms with Crippen molar-refractivity contribution in [3.8, 4) is 0 Å². The lowest BCUT2D eigenvalue weighted by Crippen LogP contribution is -2.28. The molecule has 0 aliphatic rings. The van der Waals surface area contributed by atoms with Gasteiger partial charge in [-0.1, -0.05) is 81.4 Å². The van der Waals surface area contributed by atoms with E-state index in [1.807, 2.05) is 42.5 Å². The minimum Gasteiger partial charge on any atom is -0.334 e. The van der Waals surface area contributed by atoms with E-state index in [0.29, 0.717) is 6.54 Å². The zero-order valence-corrected chi connectivity index (χ0v) is 15.0. The van der Waals surface area contributed by atoms with Crippen LogP contribution in [0.15, 0.2) is 66.7 Å². The second-order valence-corrected chi connectivity index (χ2v) is 7.28. The standard InChI is InChI=1S/C22H24N2O/c1-22(2,3)18-13-11-16(12-14-18)15-23-21(25)24-20-10-6-8-17-7-4-5-9-19(17)20/h4-14H,15H2,1-3H3,(H2,23,24,25). The van der Waals surface area contributed by atoms with Gasteiger partial charge in [0.2, 0.25) is 0 Å². The van der Waals surface area contributed by atoms with Gasteiger partial charge in [0.15, 0.2) is 0 Å². The molecule has 3 nitrogen and oxygen atoms in total. The minimum absolute atomic E-state index is 0.137. The first-order valence-corrected chi connectivity index (χ1v) is 8.55. The van der Waals surface area contributed by atoms with Crippen LogP contribution in [0.3, 0.4) is 0 Å². The van der Waals surface area contributed by atoms with Crippen LogP contribution >= 0.6 is 0 Å². The fourth-order valence-electron chi connectivity index (χ4n) is 2.81.